The van der Waals surface area contributed by atoms with Crippen LogP contribution >= 0.6 is 0 Å². The van der Waals surface area contributed by atoms with Gasteiger partial charge in [0, 0.05) is 25.5 Å². The third kappa shape index (κ3) is 4.48. The zero-order valence-electron chi connectivity index (χ0n) is 19.6. The van der Waals surface area contributed by atoms with E-state index in [1.54, 1.807) is 17.3 Å². The summed E-state index contributed by atoms with van der Waals surface area (Å²) in [5, 5.41) is 6.16. The molecule has 0 aliphatic carbocycles. The van der Waals surface area contributed by atoms with Gasteiger partial charge in [-0.05, 0) is 34.1 Å². The molecular weight excluding hydrogens is 422 g/mol. The Labute approximate surface area is 192 Å². The molecule has 4 heterocycles. The van der Waals surface area contributed by atoms with Gasteiger partial charge in [0.1, 0.15) is 24.0 Å². The average Bonchev–Trinajstić information content (AvgIpc) is 3.15. The minimum atomic E-state index is -0.553. The molecule has 0 spiro atoms. The first-order valence-electron chi connectivity index (χ1n) is 11.1. The highest BCUT2D eigenvalue weighted by atomic mass is 16.2. The van der Waals surface area contributed by atoms with Crippen molar-refractivity contribution in [1.82, 2.24) is 39.7 Å². The van der Waals surface area contributed by atoms with Crippen LogP contribution in [0.1, 0.15) is 39.9 Å². The number of anilines is 1. The summed E-state index contributed by atoms with van der Waals surface area (Å²) in [4.78, 5) is 49.1. The molecular formula is C22H29N9O2. The number of carbonyl (C=O) groups excluding carboxylic acids is 2. The molecule has 11 heteroatoms. The van der Waals surface area contributed by atoms with E-state index in [-0.39, 0.29) is 18.4 Å². The molecule has 1 aliphatic heterocycles. The molecule has 0 aromatic carbocycles. The van der Waals surface area contributed by atoms with Crippen molar-refractivity contribution >= 4 is 28.8 Å². The molecule has 0 saturated carbocycles. The second-order valence-electron chi connectivity index (χ2n) is 8.82. The Balaban J connectivity index is 1.67. The second kappa shape index (κ2) is 8.72. The van der Waals surface area contributed by atoms with Crippen LogP contribution in [-0.4, -0.2) is 70.9 Å². The van der Waals surface area contributed by atoms with Crippen molar-refractivity contribution in [3.8, 4) is 11.4 Å². The number of hydrogen-bond donors (Lipinski definition) is 2. The number of nitrogens with zero attached hydrogens (tertiary/aromatic N) is 7. The molecule has 3 aromatic heterocycles. The smallest absolute Gasteiger partial charge is 0.245 e. The SMILES string of the molecule is CCC(Nc1ncnc2c1nc(-c1cnc(C)nc1)n2CC)C(=O)N1CC(=O)NC(C)(C)C1. The Morgan fingerprint density at radius 2 is 1.94 bits per heavy atom. The lowest BCUT2D eigenvalue weighted by Gasteiger charge is -2.39. The molecule has 1 atom stereocenters. The topological polar surface area (TPSA) is 131 Å². The monoisotopic (exact) mass is 451 g/mol. The summed E-state index contributed by atoms with van der Waals surface area (Å²) in [6, 6.07) is -0.553. The van der Waals surface area contributed by atoms with Gasteiger partial charge in [0.15, 0.2) is 17.0 Å². The quantitative estimate of drug-likeness (QED) is 0.577. The Bertz CT molecular complexity index is 1190. The van der Waals surface area contributed by atoms with Gasteiger partial charge in [-0.3, -0.25) is 9.59 Å². The zero-order valence-corrected chi connectivity index (χ0v) is 19.6. The van der Waals surface area contributed by atoms with Crippen molar-refractivity contribution in [3.63, 3.8) is 0 Å². The molecule has 2 N–H and O–H groups in total. The van der Waals surface area contributed by atoms with Gasteiger partial charge in [0.05, 0.1) is 17.6 Å². The Kier molecular flexibility index (Phi) is 5.96. The number of aryl methyl sites for hydroxylation is 2. The number of rotatable bonds is 6. The van der Waals surface area contributed by atoms with Gasteiger partial charge in [-0.15, -0.1) is 0 Å². The minimum Gasteiger partial charge on any atom is -0.356 e. The summed E-state index contributed by atoms with van der Waals surface area (Å²) in [7, 11) is 0. The number of carbonyl (C=O) groups is 2. The molecule has 4 rings (SSSR count). The van der Waals surface area contributed by atoms with Crippen LogP contribution in [0.25, 0.3) is 22.6 Å². The van der Waals surface area contributed by atoms with E-state index in [1.807, 2.05) is 39.2 Å². The zero-order chi connectivity index (χ0) is 23.8. The summed E-state index contributed by atoms with van der Waals surface area (Å²) < 4.78 is 1.97. The van der Waals surface area contributed by atoms with Gasteiger partial charge in [-0.1, -0.05) is 6.92 Å². The van der Waals surface area contributed by atoms with Gasteiger partial charge in [0.2, 0.25) is 11.8 Å². The van der Waals surface area contributed by atoms with Crippen molar-refractivity contribution in [2.45, 2.75) is 59.2 Å². The number of amides is 2. The number of aromatic nitrogens is 6. The molecule has 3 aromatic rings. The predicted octanol–water partition coefficient (Wildman–Crippen LogP) is 1.54. The van der Waals surface area contributed by atoms with Crippen LogP contribution in [0, 0.1) is 6.92 Å². The Hall–Kier alpha value is -3.63. The van der Waals surface area contributed by atoms with Crippen molar-refractivity contribution in [3.05, 3.63) is 24.5 Å². The fourth-order valence-electron chi connectivity index (χ4n) is 4.11. The highest BCUT2D eigenvalue weighted by Gasteiger charge is 2.35. The van der Waals surface area contributed by atoms with E-state index in [2.05, 4.69) is 30.6 Å². The third-order valence-electron chi connectivity index (χ3n) is 5.61. The maximum atomic E-state index is 13.3. The molecule has 1 unspecified atom stereocenters. The first-order valence-corrected chi connectivity index (χ1v) is 11.1. The summed E-state index contributed by atoms with van der Waals surface area (Å²) in [6.07, 6.45) is 5.45. The van der Waals surface area contributed by atoms with Gasteiger partial charge in [-0.25, -0.2) is 24.9 Å². The fourth-order valence-corrected chi connectivity index (χ4v) is 4.11. The van der Waals surface area contributed by atoms with E-state index < -0.39 is 11.6 Å². The van der Waals surface area contributed by atoms with Crippen LogP contribution < -0.4 is 10.6 Å². The lowest BCUT2D eigenvalue weighted by molar-refractivity contribution is -0.141. The molecule has 1 saturated heterocycles. The normalized spacial score (nSPS) is 16.5. The van der Waals surface area contributed by atoms with Crippen LogP contribution in [0.3, 0.4) is 0 Å². The van der Waals surface area contributed by atoms with E-state index in [1.165, 1.54) is 6.33 Å². The molecule has 0 bridgehead atoms. The van der Waals surface area contributed by atoms with E-state index in [9.17, 15) is 9.59 Å². The van der Waals surface area contributed by atoms with Crippen LogP contribution in [0.15, 0.2) is 18.7 Å². The average molecular weight is 452 g/mol. The molecule has 1 fully saturated rings. The molecule has 11 nitrogen and oxygen atoms in total. The Morgan fingerprint density at radius 1 is 1.21 bits per heavy atom. The maximum absolute atomic E-state index is 13.3. The highest BCUT2D eigenvalue weighted by molar-refractivity contribution is 5.93. The molecule has 1 aliphatic rings. The van der Waals surface area contributed by atoms with Crippen molar-refractivity contribution in [2.24, 2.45) is 0 Å². The van der Waals surface area contributed by atoms with Gasteiger partial charge in [-0.2, -0.15) is 0 Å². The van der Waals surface area contributed by atoms with Crippen molar-refractivity contribution in [1.29, 1.82) is 0 Å². The number of imidazole rings is 1. The van der Waals surface area contributed by atoms with Crippen LogP contribution in [0.5, 0.6) is 0 Å². The summed E-state index contributed by atoms with van der Waals surface area (Å²) in [5.74, 6) is 1.53. The second-order valence-corrected chi connectivity index (χ2v) is 8.82. The number of piperazine rings is 1. The van der Waals surface area contributed by atoms with Crippen LogP contribution in [0.2, 0.25) is 0 Å². The lowest BCUT2D eigenvalue weighted by Crippen LogP contribution is -2.62. The first kappa shape index (κ1) is 22.6. The van der Waals surface area contributed by atoms with Crippen LogP contribution in [-0.2, 0) is 16.1 Å². The predicted molar refractivity (Wildman–Crippen MR) is 123 cm³/mol. The number of fused-ring (bicyclic) bond motifs is 1. The highest BCUT2D eigenvalue weighted by Crippen LogP contribution is 2.27. The molecule has 0 radical (unpaired) electrons. The number of nitrogens with one attached hydrogen (secondary N) is 2. The van der Waals surface area contributed by atoms with E-state index in [4.69, 9.17) is 4.98 Å². The van der Waals surface area contributed by atoms with Gasteiger partial charge < -0.3 is 20.1 Å². The van der Waals surface area contributed by atoms with Gasteiger partial charge in [0.25, 0.3) is 0 Å². The summed E-state index contributed by atoms with van der Waals surface area (Å²) in [5.41, 5.74) is 1.52. The molecule has 33 heavy (non-hydrogen) atoms. The first-order chi connectivity index (χ1) is 15.7. The number of hydrogen-bond acceptors (Lipinski definition) is 8. The third-order valence-corrected chi connectivity index (χ3v) is 5.61. The largest absolute Gasteiger partial charge is 0.356 e. The molecule has 2 amide bonds. The standard InChI is InChI=1S/C22H29N9O2/c1-6-15(21(33)30-10-16(32)29-22(4,5)11-30)27-18-17-20(26-12-25-18)31(7-2)19(28-17)14-8-23-13(3)24-9-14/h8-9,12,15H,6-7,10-11H2,1-5H3,(H,29,32)(H,25,26,27). The van der Waals surface area contributed by atoms with Crippen molar-refractivity contribution < 1.29 is 9.59 Å². The molecule has 174 valence electrons. The van der Waals surface area contributed by atoms with Crippen molar-refractivity contribution in [2.75, 3.05) is 18.4 Å². The minimum absolute atomic E-state index is 0.0433. The summed E-state index contributed by atoms with van der Waals surface area (Å²) >= 11 is 0. The van der Waals surface area contributed by atoms with Crippen LogP contribution in [0.4, 0.5) is 5.82 Å². The van der Waals surface area contributed by atoms with E-state index >= 15 is 0 Å². The summed E-state index contributed by atoms with van der Waals surface area (Å²) in [6.45, 7) is 10.7. The maximum Gasteiger partial charge on any atom is 0.245 e. The lowest BCUT2D eigenvalue weighted by atomic mass is 10.0. The fraction of sp³-hybridized carbons (Fsp3) is 0.500. The van der Waals surface area contributed by atoms with E-state index in [0.717, 1.165) is 5.56 Å². The van der Waals surface area contributed by atoms with Gasteiger partial charge >= 0.3 is 0 Å². The van der Waals surface area contributed by atoms with E-state index in [0.29, 0.717) is 48.1 Å². The Morgan fingerprint density at radius 3 is 2.58 bits per heavy atom.